The van der Waals surface area contributed by atoms with Crippen LogP contribution in [0.1, 0.15) is 79.8 Å². The Balaban J connectivity index is 1.57. The highest BCUT2D eigenvalue weighted by atomic mass is 32.2. The summed E-state index contributed by atoms with van der Waals surface area (Å²) in [5.74, 6) is -1.49. The van der Waals surface area contributed by atoms with Gasteiger partial charge in [0.25, 0.3) is 5.91 Å². The molecule has 0 spiro atoms. The molecule has 2 fully saturated rings. The van der Waals surface area contributed by atoms with E-state index in [1.54, 1.807) is 6.07 Å². The van der Waals surface area contributed by atoms with Crippen molar-refractivity contribution in [3.05, 3.63) is 59.2 Å². The molecule has 42 heavy (non-hydrogen) atoms. The predicted octanol–water partition coefficient (Wildman–Crippen LogP) is 5.23. The second-order valence-corrected chi connectivity index (χ2v) is 14.4. The number of benzene rings is 2. The first-order valence-electron chi connectivity index (χ1n) is 15.3. The summed E-state index contributed by atoms with van der Waals surface area (Å²) in [5.41, 5.74) is 4.08. The van der Waals surface area contributed by atoms with Crippen molar-refractivity contribution in [3.8, 4) is 11.1 Å². The van der Waals surface area contributed by atoms with Gasteiger partial charge < -0.3 is 15.2 Å². The third kappa shape index (κ3) is 8.88. The lowest BCUT2D eigenvalue weighted by molar-refractivity contribution is -0.139. The van der Waals surface area contributed by atoms with Crippen LogP contribution in [0.25, 0.3) is 11.1 Å². The summed E-state index contributed by atoms with van der Waals surface area (Å²) in [5, 5.41) is 12.2. The van der Waals surface area contributed by atoms with Gasteiger partial charge in [0.15, 0.2) is 0 Å². The van der Waals surface area contributed by atoms with Crippen LogP contribution < -0.4 is 5.32 Å². The molecule has 1 saturated carbocycles. The average molecular weight is 599 g/mol. The minimum Gasteiger partial charge on any atom is -0.480 e. The van der Waals surface area contributed by atoms with E-state index in [1.807, 2.05) is 43.3 Å². The lowest BCUT2D eigenvalue weighted by Gasteiger charge is -2.28. The molecule has 2 aromatic carbocycles. The van der Waals surface area contributed by atoms with Crippen LogP contribution in [0.5, 0.6) is 0 Å². The molecule has 1 aliphatic carbocycles. The summed E-state index contributed by atoms with van der Waals surface area (Å²) in [6.45, 7) is 6.73. The van der Waals surface area contributed by atoms with Crippen molar-refractivity contribution < 1.29 is 27.9 Å². The highest BCUT2D eigenvalue weighted by molar-refractivity contribution is 7.90. The van der Waals surface area contributed by atoms with Gasteiger partial charge in [-0.1, -0.05) is 62.9 Å². The molecule has 2 aromatic rings. The summed E-state index contributed by atoms with van der Waals surface area (Å²) in [4.78, 5) is 27.8. The van der Waals surface area contributed by atoms with Crippen LogP contribution in [0.4, 0.5) is 0 Å². The molecule has 0 unspecified atom stereocenters. The third-order valence-corrected chi connectivity index (χ3v) is 9.78. The largest absolute Gasteiger partial charge is 0.480 e. The van der Waals surface area contributed by atoms with Gasteiger partial charge in [0.2, 0.25) is 0 Å². The summed E-state index contributed by atoms with van der Waals surface area (Å²) in [6, 6.07) is 12.6. The second kappa shape index (κ2) is 14.6. The van der Waals surface area contributed by atoms with E-state index in [-0.39, 0.29) is 12.2 Å². The quantitative estimate of drug-likeness (QED) is 0.325. The van der Waals surface area contributed by atoms with Crippen LogP contribution in [-0.2, 0) is 25.9 Å². The fourth-order valence-electron chi connectivity index (χ4n) is 6.28. The molecule has 1 saturated heterocycles. The molecular formula is C33H46N2O6S. The normalized spacial score (nSPS) is 20.8. The van der Waals surface area contributed by atoms with Crippen molar-refractivity contribution in [2.24, 2.45) is 5.92 Å². The number of ether oxygens (including phenoxy) is 1. The van der Waals surface area contributed by atoms with Gasteiger partial charge in [-0.15, -0.1) is 0 Å². The van der Waals surface area contributed by atoms with Gasteiger partial charge >= 0.3 is 5.97 Å². The number of amides is 1. The van der Waals surface area contributed by atoms with Gasteiger partial charge in [-0.25, -0.2) is 13.2 Å². The van der Waals surface area contributed by atoms with Crippen molar-refractivity contribution in [1.29, 1.82) is 0 Å². The standard InChI is InChI=1S/C33H46N2O6S/c1-4-24-18-26(22-41-27-11-6-5-7-12-27)35(20-24)21-25-14-15-29(30(19-25)28-13-9-8-10-23(28)2)32(36)34-31(33(37)38)16-17-42(3,39)40/h8-10,13-15,19,24,26-27,31H,4-7,11-12,16-18,20-22H2,1-3H3,(H,34,36)(H,37,38)/t24-,26-,31-/m0/s1. The zero-order chi connectivity index (χ0) is 30.3. The SMILES string of the molecule is CC[C@H]1C[C@@H](COC2CCCCC2)N(Cc2ccc(C(=O)N[C@@H](CCS(C)(=O)=O)C(=O)O)c(-c3ccccc3C)c2)C1. The maximum atomic E-state index is 13.5. The number of sulfone groups is 1. The number of aryl methyl sites for hydroxylation is 1. The Morgan fingerprint density at radius 3 is 2.50 bits per heavy atom. The van der Waals surface area contributed by atoms with Crippen molar-refractivity contribution >= 4 is 21.7 Å². The Morgan fingerprint density at radius 1 is 1.10 bits per heavy atom. The van der Waals surface area contributed by atoms with E-state index in [0.717, 1.165) is 73.9 Å². The summed E-state index contributed by atoms with van der Waals surface area (Å²) in [6.07, 6.45) is 9.61. The van der Waals surface area contributed by atoms with Crippen molar-refractivity contribution in [1.82, 2.24) is 10.2 Å². The van der Waals surface area contributed by atoms with Crippen LogP contribution in [0.2, 0.25) is 0 Å². The van der Waals surface area contributed by atoms with Gasteiger partial charge in [0.05, 0.1) is 18.5 Å². The number of likely N-dealkylation sites (tertiary alicyclic amines) is 1. The van der Waals surface area contributed by atoms with E-state index in [2.05, 4.69) is 17.1 Å². The van der Waals surface area contributed by atoms with E-state index in [9.17, 15) is 23.1 Å². The number of carboxylic acids is 1. The Hall–Kier alpha value is -2.75. The van der Waals surface area contributed by atoms with Crippen LogP contribution in [0.15, 0.2) is 42.5 Å². The van der Waals surface area contributed by atoms with Crippen molar-refractivity contribution in [2.45, 2.75) is 89.9 Å². The number of hydrogen-bond acceptors (Lipinski definition) is 6. The Labute approximate surface area is 250 Å². The average Bonchev–Trinajstić information content (AvgIpc) is 3.35. The van der Waals surface area contributed by atoms with Crippen LogP contribution in [0, 0.1) is 12.8 Å². The molecule has 2 aliphatic rings. The summed E-state index contributed by atoms with van der Waals surface area (Å²) >= 11 is 0. The van der Waals surface area contributed by atoms with Crippen LogP contribution >= 0.6 is 0 Å². The molecule has 1 heterocycles. The number of carbonyl (C=O) groups is 2. The molecule has 1 aliphatic heterocycles. The van der Waals surface area contributed by atoms with Gasteiger partial charge in [-0.2, -0.15) is 0 Å². The minimum atomic E-state index is -3.38. The molecule has 0 aromatic heterocycles. The highest BCUT2D eigenvalue weighted by Gasteiger charge is 2.32. The van der Waals surface area contributed by atoms with E-state index in [1.165, 1.54) is 19.3 Å². The van der Waals surface area contributed by atoms with E-state index >= 15 is 0 Å². The minimum absolute atomic E-state index is 0.199. The van der Waals surface area contributed by atoms with Crippen LogP contribution in [-0.4, -0.2) is 73.6 Å². The number of rotatable bonds is 13. The van der Waals surface area contributed by atoms with Crippen LogP contribution in [0.3, 0.4) is 0 Å². The molecule has 230 valence electrons. The molecule has 4 rings (SSSR count). The number of hydrogen-bond donors (Lipinski definition) is 2. The highest BCUT2D eigenvalue weighted by Crippen LogP contribution is 2.32. The molecule has 0 radical (unpaired) electrons. The van der Waals surface area contributed by atoms with E-state index in [0.29, 0.717) is 23.6 Å². The maximum Gasteiger partial charge on any atom is 0.326 e. The van der Waals surface area contributed by atoms with Gasteiger partial charge in [-0.05, 0) is 72.9 Å². The first kappa shape index (κ1) is 32.2. The first-order chi connectivity index (χ1) is 20.0. The fourth-order valence-corrected chi connectivity index (χ4v) is 6.94. The maximum absolute atomic E-state index is 13.5. The lowest BCUT2D eigenvalue weighted by atomic mass is 9.93. The molecule has 0 bridgehead atoms. The van der Waals surface area contributed by atoms with Gasteiger partial charge in [-0.3, -0.25) is 9.69 Å². The lowest BCUT2D eigenvalue weighted by Crippen LogP contribution is -2.42. The second-order valence-electron chi connectivity index (χ2n) is 12.2. The topological polar surface area (TPSA) is 113 Å². The van der Waals surface area contributed by atoms with Gasteiger partial charge in [0, 0.05) is 31.0 Å². The van der Waals surface area contributed by atoms with Gasteiger partial charge in [0.1, 0.15) is 15.9 Å². The summed E-state index contributed by atoms with van der Waals surface area (Å²) in [7, 11) is -3.38. The molecule has 9 heteroatoms. The number of aliphatic carboxylic acids is 1. The molecule has 2 N–H and O–H groups in total. The Kier molecular flexibility index (Phi) is 11.2. The number of nitrogens with zero attached hydrogens (tertiary/aromatic N) is 1. The van der Waals surface area contributed by atoms with Crippen molar-refractivity contribution in [2.75, 3.05) is 25.2 Å². The zero-order valence-corrected chi connectivity index (χ0v) is 26.0. The van der Waals surface area contributed by atoms with E-state index < -0.39 is 27.8 Å². The molecule has 8 nitrogen and oxygen atoms in total. The molecule has 3 atom stereocenters. The number of nitrogens with one attached hydrogen (secondary N) is 1. The Morgan fingerprint density at radius 2 is 1.83 bits per heavy atom. The van der Waals surface area contributed by atoms with Crippen molar-refractivity contribution in [3.63, 3.8) is 0 Å². The fraction of sp³-hybridized carbons (Fsp3) is 0.576. The smallest absolute Gasteiger partial charge is 0.326 e. The number of carbonyl (C=O) groups excluding carboxylic acids is 1. The molecular weight excluding hydrogens is 552 g/mol. The molecule has 1 amide bonds. The predicted molar refractivity (Wildman–Crippen MR) is 165 cm³/mol. The number of carboxylic acid groups (broad SMARTS) is 1. The third-order valence-electron chi connectivity index (χ3n) is 8.80. The zero-order valence-electron chi connectivity index (χ0n) is 25.2. The summed E-state index contributed by atoms with van der Waals surface area (Å²) < 4.78 is 29.7. The monoisotopic (exact) mass is 598 g/mol. The first-order valence-corrected chi connectivity index (χ1v) is 17.4. The van der Waals surface area contributed by atoms with E-state index in [4.69, 9.17) is 4.74 Å². The Bertz CT molecular complexity index is 1340.